The van der Waals surface area contributed by atoms with Gasteiger partial charge in [-0.25, -0.2) is 0 Å². The number of ether oxygens (including phenoxy) is 1. The number of hydrogen-bond acceptors (Lipinski definition) is 1. The smallest absolute Gasteiger partial charge is 0.123 e. The third kappa shape index (κ3) is 2.94. The number of hydrogen-bond donors (Lipinski definition) is 0. The molecule has 0 bridgehead atoms. The van der Waals surface area contributed by atoms with E-state index in [-0.39, 0.29) is 5.41 Å². The van der Waals surface area contributed by atoms with Gasteiger partial charge in [-0.3, -0.25) is 0 Å². The lowest BCUT2D eigenvalue weighted by Crippen LogP contribution is -2.58. The number of benzene rings is 2. The van der Waals surface area contributed by atoms with E-state index in [1.807, 2.05) is 7.11 Å². The zero-order valence-corrected chi connectivity index (χ0v) is 18.1. The van der Waals surface area contributed by atoms with Crippen molar-refractivity contribution in [2.75, 3.05) is 7.11 Å². The van der Waals surface area contributed by atoms with Crippen LogP contribution in [0.1, 0.15) is 51.3 Å². The number of methoxy groups -OCH3 is 1. The van der Waals surface area contributed by atoms with Crippen LogP contribution < -0.4 is 15.1 Å². The fraction of sp³-hybridized carbons (Fsp3) is 0.417. The molecule has 0 atom stereocenters. The van der Waals surface area contributed by atoms with Gasteiger partial charge in [0.1, 0.15) is 13.8 Å². The van der Waals surface area contributed by atoms with Gasteiger partial charge in [-0.1, -0.05) is 95.3 Å². The number of rotatable bonds is 5. The highest BCUT2D eigenvalue weighted by molar-refractivity contribution is 7.03. The molecular formula is C24H32OSi. The Balaban J connectivity index is 2.31. The SMILES string of the molecule is CC[Si](CC)(c1cccc2c1C=CC2)c1cccc(C(C)(C)C)c1OC. The molecule has 0 aromatic heterocycles. The molecule has 0 saturated carbocycles. The van der Waals surface area contributed by atoms with Crippen LogP contribution in [0.5, 0.6) is 5.75 Å². The summed E-state index contributed by atoms with van der Waals surface area (Å²) in [4.78, 5) is 0. The van der Waals surface area contributed by atoms with Gasteiger partial charge in [0.05, 0.1) is 7.11 Å². The molecule has 2 heteroatoms. The van der Waals surface area contributed by atoms with Crippen LogP contribution in [0.4, 0.5) is 0 Å². The van der Waals surface area contributed by atoms with E-state index in [0.717, 1.165) is 12.2 Å². The summed E-state index contributed by atoms with van der Waals surface area (Å²) in [6, 6.07) is 16.1. The summed E-state index contributed by atoms with van der Waals surface area (Å²) >= 11 is 0. The maximum atomic E-state index is 6.07. The minimum Gasteiger partial charge on any atom is -0.497 e. The van der Waals surface area contributed by atoms with Crippen molar-refractivity contribution in [3.63, 3.8) is 0 Å². The first-order valence-corrected chi connectivity index (χ1v) is 12.3. The van der Waals surface area contributed by atoms with E-state index < -0.39 is 8.07 Å². The average molecular weight is 365 g/mol. The molecule has 0 N–H and O–H groups in total. The number of fused-ring (bicyclic) bond motifs is 1. The van der Waals surface area contributed by atoms with Gasteiger partial charge in [0.25, 0.3) is 0 Å². The van der Waals surface area contributed by atoms with Crippen LogP contribution in [0.3, 0.4) is 0 Å². The Bertz CT molecular complexity index is 823. The molecule has 0 unspecified atom stereocenters. The fourth-order valence-electron chi connectivity index (χ4n) is 4.59. The summed E-state index contributed by atoms with van der Waals surface area (Å²) in [5.41, 5.74) is 4.35. The molecule has 0 saturated heterocycles. The van der Waals surface area contributed by atoms with Crippen molar-refractivity contribution in [2.45, 2.75) is 58.5 Å². The van der Waals surface area contributed by atoms with Crippen LogP contribution in [0.2, 0.25) is 12.1 Å². The minimum atomic E-state index is -1.90. The molecule has 2 aromatic rings. The van der Waals surface area contributed by atoms with Crippen LogP contribution in [0.25, 0.3) is 6.08 Å². The topological polar surface area (TPSA) is 9.23 Å². The van der Waals surface area contributed by atoms with E-state index in [9.17, 15) is 0 Å². The Morgan fingerprint density at radius 1 is 0.962 bits per heavy atom. The lowest BCUT2D eigenvalue weighted by molar-refractivity contribution is 0.400. The first-order chi connectivity index (χ1) is 12.4. The van der Waals surface area contributed by atoms with E-state index in [4.69, 9.17) is 4.74 Å². The zero-order chi connectivity index (χ0) is 18.9. The highest BCUT2D eigenvalue weighted by Gasteiger charge is 2.39. The Kier molecular flexibility index (Phi) is 5.16. The van der Waals surface area contributed by atoms with Gasteiger partial charge in [0.2, 0.25) is 0 Å². The molecule has 0 radical (unpaired) electrons. The van der Waals surface area contributed by atoms with Gasteiger partial charge in [-0.05, 0) is 38.9 Å². The maximum absolute atomic E-state index is 6.07. The summed E-state index contributed by atoms with van der Waals surface area (Å²) in [6.45, 7) is 11.6. The third-order valence-electron chi connectivity index (χ3n) is 6.08. The Morgan fingerprint density at radius 2 is 1.62 bits per heavy atom. The van der Waals surface area contributed by atoms with Crippen molar-refractivity contribution < 1.29 is 4.74 Å². The monoisotopic (exact) mass is 364 g/mol. The molecule has 1 aliphatic carbocycles. The molecule has 1 nitrogen and oxygen atoms in total. The number of para-hydroxylation sites is 1. The lowest BCUT2D eigenvalue weighted by atomic mass is 9.86. The van der Waals surface area contributed by atoms with Crippen molar-refractivity contribution in [3.05, 3.63) is 59.2 Å². The molecule has 2 aromatic carbocycles. The molecular weight excluding hydrogens is 332 g/mol. The van der Waals surface area contributed by atoms with Crippen LogP contribution in [-0.4, -0.2) is 15.2 Å². The van der Waals surface area contributed by atoms with Crippen molar-refractivity contribution in [1.82, 2.24) is 0 Å². The number of allylic oxidation sites excluding steroid dienone is 1. The van der Waals surface area contributed by atoms with Crippen LogP contribution in [-0.2, 0) is 11.8 Å². The second-order valence-electron chi connectivity index (χ2n) is 8.41. The normalized spacial score (nSPS) is 13.8. The average Bonchev–Trinajstić information content (AvgIpc) is 3.11. The molecule has 0 spiro atoms. The van der Waals surface area contributed by atoms with Gasteiger partial charge >= 0.3 is 0 Å². The third-order valence-corrected chi connectivity index (χ3v) is 11.4. The molecule has 0 fully saturated rings. The Labute approximate surface area is 160 Å². The predicted octanol–water partition coefficient (Wildman–Crippen LogP) is 5.16. The quantitative estimate of drug-likeness (QED) is 0.666. The Hall–Kier alpha value is -1.80. The maximum Gasteiger partial charge on any atom is 0.123 e. The largest absolute Gasteiger partial charge is 0.497 e. The molecule has 1 aliphatic rings. The fourth-order valence-corrected chi connectivity index (χ4v) is 9.17. The Morgan fingerprint density at radius 3 is 2.23 bits per heavy atom. The molecule has 0 heterocycles. The molecule has 26 heavy (non-hydrogen) atoms. The van der Waals surface area contributed by atoms with Gasteiger partial charge < -0.3 is 4.74 Å². The summed E-state index contributed by atoms with van der Waals surface area (Å²) in [6.07, 6.45) is 5.72. The molecule has 0 amide bonds. The van der Waals surface area contributed by atoms with E-state index in [1.165, 1.54) is 34.0 Å². The lowest BCUT2D eigenvalue weighted by Gasteiger charge is -2.35. The summed E-state index contributed by atoms with van der Waals surface area (Å²) in [7, 11) is -0.0634. The van der Waals surface area contributed by atoms with E-state index in [1.54, 1.807) is 5.19 Å². The zero-order valence-electron chi connectivity index (χ0n) is 17.1. The van der Waals surface area contributed by atoms with Crippen LogP contribution >= 0.6 is 0 Å². The first kappa shape index (κ1) is 19.0. The van der Waals surface area contributed by atoms with E-state index >= 15 is 0 Å². The minimum absolute atomic E-state index is 0.0709. The summed E-state index contributed by atoms with van der Waals surface area (Å²) in [5.74, 6) is 1.12. The van der Waals surface area contributed by atoms with Gasteiger partial charge in [0.15, 0.2) is 0 Å². The van der Waals surface area contributed by atoms with Gasteiger partial charge in [-0.15, -0.1) is 0 Å². The van der Waals surface area contributed by atoms with Gasteiger partial charge in [0, 0.05) is 0 Å². The standard InChI is InChI=1S/C24H32OSi/c1-7-26(8-2,21-16-10-13-18-12-9-14-19(18)21)22-17-11-15-20(23(22)25-6)24(3,4)5/h9-11,13-17H,7-8,12H2,1-6H3. The summed E-state index contributed by atoms with van der Waals surface area (Å²) in [5, 5.41) is 3.05. The van der Waals surface area contributed by atoms with E-state index in [0.29, 0.717) is 0 Å². The van der Waals surface area contributed by atoms with Crippen LogP contribution in [0.15, 0.2) is 42.5 Å². The second-order valence-corrected chi connectivity index (χ2v) is 13.1. The summed E-state index contributed by atoms with van der Waals surface area (Å²) < 4.78 is 6.07. The molecule has 0 aliphatic heterocycles. The van der Waals surface area contributed by atoms with Crippen molar-refractivity contribution in [2.24, 2.45) is 0 Å². The van der Waals surface area contributed by atoms with E-state index in [2.05, 4.69) is 83.2 Å². The first-order valence-electron chi connectivity index (χ1n) is 9.86. The van der Waals surface area contributed by atoms with Crippen LogP contribution in [0, 0.1) is 0 Å². The van der Waals surface area contributed by atoms with Gasteiger partial charge in [-0.2, -0.15) is 0 Å². The molecule has 138 valence electrons. The second kappa shape index (κ2) is 7.07. The van der Waals surface area contributed by atoms with Crippen molar-refractivity contribution >= 4 is 24.5 Å². The highest BCUT2D eigenvalue weighted by atomic mass is 28.3. The molecule has 3 rings (SSSR count). The van der Waals surface area contributed by atoms with Crippen molar-refractivity contribution in [3.8, 4) is 5.75 Å². The highest BCUT2D eigenvalue weighted by Crippen LogP contribution is 2.33. The predicted molar refractivity (Wildman–Crippen MR) is 117 cm³/mol. The van der Waals surface area contributed by atoms with Crippen molar-refractivity contribution in [1.29, 1.82) is 0 Å².